The number of aliphatic hydroxyl groups excluding tert-OH is 1. The minimum Gasteiger partial charge on any atom is -0.391 e. The normalized spacial score (nSPS) is 13.1. The molecular formula is C14H12ClF3N2OS. The number of alkyl halides is 4. The molecule has 1 aromatic carbocycles. The molecule has 2 rings (SSSR count). The van der Waals surface area contributed by atoms with Gasteiger partial charge in [-0.2, -0.15) is 13.2 Å². The lowest BCUT2D eigenvalue weighted by molar-refractivity contribution is -0.141. The van der Waals surface area contributed by atoms with Crippen LogP contribution in [0.2, 0.25) is 0 Å². The zero-order valence-corrected chi connectivity index (χ0v) is 12.8. The molecule has 0 saturated carbocycles. The number of aliphatic hydroxyl groups is 1. The van der Waals surface area contributed by atoms with Crippen LogP contribution in [0.4, 0.5) is 13.2 Å². The summed E-state index contributed by atoms with van der Waals surface area (Å²) in [6, 6.07) is 9.46. The first-order valence-corrected chi connectivity index (χ1v) is 7.80. The Labute approximate surface area is 134 Å². The van der Waals surface area contributed by atoms with Crippen LogP contribution in [0.25, 0.3) is 11.3 Å². The molecule has 0 amide bonds. The highest BCUT2D eigenvalue weighted by molar-refractivity contribution is 7.99. The fourth-order valence-electron chi connectivity index (χ4n) is 1.61. The second kappa shape index (κ2) is 7.30. The summed E-state index contributed by atoms with van der Waals surface area (Å²) in [5.41, 5.74) is -0.259. The molecule has 118 valence electrons. The van der Waals surface area contributed by atoms with Crippen LogP contribution in [0, 0.1) is 0 Å². The van der Waals surface area contributed by atoms with Gasteiger partial charge in [0.25, 0.3) is 0 Å². The molecule has 0 unspecified atom stereocenters. The maximum absolute atomic E-state index is 13.0. The predicted molar refractivity (Wildman–Crippen MR) is 79.9 cm³/mol. The van der Waals surface area contributed by atoms with Crippen molar-refractivity contribution < 1.29 is 18.3 Å². The second-order valence-electron chi connectivity index (χ2n) is 4.40. The molecule has 1 heterocycles. The molecule has 2 aromatic rings. The van der Waals surface area contributed by atoms with Gasteiger partial charge in [-0.1, -0.05) is 42.1 Å². The van der Waals surface area contributed by atoms with Crippen molar-refractivity contribution in [1.82, 2.24) is 9.97 Å². The van der Waals surface area contributed by atoms with Gasteiger partial charge in [0.2, 0.25) is 0 Å². The van der Waals surface area contributed by atoms with E-state index < -0.39 is 18.0 Å². The zero-order valence-electron chi connectivity index (χ0n) is 11.2. The Bertz CT molecular complexity index is 625. The van der Waals surface area contributed by atoms with Crippen molar-refractivity contribution in [3.05, 3.63) is 42.1 Å². The van der Waals surface area contributed by atoms with Crippen molar-refractivity contribution in [3.8, 4) is 11.3 Å². The molecule has 0 bridgehead atoms. The van der Waals surface area contributed by atoms with Gasteiger partial charge in [0.1, 0.15) is 5.69 Å². The third kappa shape index (κ3) is 4.59. The van der Waals surface area contributed by atoms with Crippen LogP contribution < -0.4 is 0 Å². The van der Waals surface area contributed by atoms with Gasteiger partial charge < -0.3 is 5.11 Å². The summed E-state index contributed by atoms with van der Waals surface area (Å²) in [5, 5.41) is 9.36. The molecular weight excluding hydrogens is 337 g/mol. The maximum atomic E-state index is 13.0. The highest BCUT2D eigenvalue weighted by Gasteiger charge is 2.33. The summed E-state index contributed by atoms with van der Waals surface area (Å²) >= 11 is 6.40. The van der Waals surface area contributed by atoms with Gasteiger partial charge in [-0.15, -0.1) is 11.6 Å². The quantitative estimate of drug-likeness (QED) is 0.506. The molecule has 0 saturated heterocycles. The van der Waals surface area contributed by atoms with E-state index in [1.165, 1.54) is 0 Å². The van der Waals surface area contributed by atoms with E-state index in [2.05, 4.69) is 9.97 Å². The first-order valence-electron chi connectivity index (χ1n) is 6.28. The summed E-state index contributed by atoms with van der Waals surface area (Å²) in [6.45, 7) is 0. The van der Waals surface area contributed by atoms with Gasteiger partial charge in [0.15, 0.2) is 5.16 Å². The molecule has 0 aliphatic heterocycles. The third-order valence-corrected chi connectivity index (χ3v) is 4.00. The molecule has 8 heteroatoms. The zero-order chi connectivity index (χ0) is 16.2. The lowest BCUT2D eigenvalue weighted by Crippen LogP contribution is -2.13. The van der Waals surface area contributed by atoms with Crippen LogP contribution in [0.15, 0.2) is 41.6 Å². The van der Waals surface area contributed by atoms with Gasteiger partial charge in [-0.05, 0) is 6.07 Å². The fraction of sp³-hybridized carbons (Fsp3) is 0.286. The Hall–Kier alpha value is -1.31. The van der Waals surface area contributed by atoms with E-state index in [-0.39, 0.29) is 22.5 Å². The smallest absolute Gasteiger partial charge is 0.391 e. The number of nitrogens with zero attached hydrogens (tertiary/aromatic N) is 2. The summed E-state index contributed by atoms with van der Waals surface area (Å²) in [7, 11) is 0. The molecule has 0 radical (unpaired) electrons. The second-order valence-corrected chi connectivity index (χ2v) is 5.70. The molecule has 0 spiro atoms. The van der Waals surface area contributed by atoms with Crippen LogP contribution in [0.1, 0.15) is 5.69 Å². The molecule has 1 N–H and O–H groups in total. The van der Waals surface area contributed by atoms with E-state index >= 15 is 0 Å². The average Bonchev–Trinajstić information content (AvgIpc) is 2.52. The minimum atomic E-state index is -4.56. The molecule has 0 aliphatic rings. The monoisotopic (exact) mass is 348 g/mol. The van der Waals surface area contributed by atoms with Crippen LogP contribution in [-0.2, 0) is 6.18 Å². The fourth-order valence-corrected chi connectivity index (χ4v) is 2.63. The topological polar surface area (TPSA) is 46.0 Å². The van der Waals surface area contributed by atoms with E-state index in [0.717, 1.165) is 17.8 Å². The van der Waals surface area contributed by atoms with Crippen molar-refractivity contribution in [1.29, 1.82) is 0 Å². The van der Waals surface area contributed by atoms with Gasteiger partial charge >= 0.3 is 6.18 Å². The predicted octanol–water partition coefficient (Wildman–Crippen LogP) is 3.85. The Morgan fingerprint density at radius 1 is 1.18 bits per heavy atom. The van der Waals surface area contributed by atoms with E-state index in [1.54, 1.807) is 30.3 Å². The summed E-state index contributed by atoms with van der Waals surface area (Å²) in [5.74, 6) is 0.122. The number of benzene rings is 1. The van der Waals surface area contributed by atoms with E-state index in [9.17, 15) is 18.3 Å². The lowest BCUT2D eigenvalue weighted by Gasteiger charge is -2.11. The minimum absolute atomic E-state index is 0.00248. The maximum Gasteiger partial charge on any atom is 0.433 e. The van der Waals surface area contributed by atoms with Gasteiger partial charge in [0, 0.05) is 17.2 Å². The number of thioether (sulfide) groups is 1. The number of halogens is 4. The molecule has 0 fully saturated rings. The number of hydrogen-bond acceptors (Lipinski definition) is 4. The lowest BCUT2D eigenvalue weighted by atomic mass is 10.1. The van der Waals surface area contributed by atoms with Gasteiger partial charge in [-0.3, -0.25) is 0 Å². The van der Waals surface area contributed by atoms with Crippen molar-refractivity contribution in [2.45, 2.75) is 17.4 Å². The molecule has 0 aliphatic carbocycles. The Morgan fingerprint density at radius 3 is 2.45 bits per heavy atom. The SMILES string of the molecule is O[C@H](CCl)CSc1nc(-c2ccccc2)cc(C(F)(F)F)n1. The van der Waals surface area contributed by atoms with Crippen molar-refractivity contribution in [2.75, 3.05) is 11.6 Å². The van der Waals surface area contributed by atoms with Gasteiger partial charge in [-0.25, -0.2) is 9.97 Å². The van der Waals surface area contributed by atoms with Crippen LogP contribution in [0.5, 0.6) is 0 Å². The standard InChI is InChI=1S/C14H12ClF3N2OS/c15-7-10(21)8-22-13-19-11(9-4-2-1-3-5-9)6-12(20-13)14(16,17)18/h1-6,10,21H,7-8H2/t10-/m1/s1. The highest BCUT2D eigenvalue weighted by atomic mass is 35.5. The van der Waals surface area contributed by atoms with E-state index in [4.69, 9.17) is 11.6 Å². The Balaban J connectivity index is 2.37. The Kier molecular flexibility index (Phi) is 5.66. The van der Waals surface area contributed by atoms with Crippen LogP contribution in [0.3, 0.4) is 0 Å². The number of hydrogen-bond donors (Lipinski definition) is 1. The van der Waals surface area contributed by atoms with Crippen LogP contribution in [-0.4, -0.2) is 32.8 Å². The van der Waals surface area contributed by atoms with Crippen molar-refractivity contribution in [2.24, 2.45) is 0 Å². The van der Waals surface area contributed by atoms with Gasteiger partial charge in [0.05, 0.1) is 11.8 Å². The first kappa shape index (κ1) is 17.1. The summed E-state index contributed by atoms with van der Waals surface area (Å²) in [4.78, 5) is 7.63. The first-order chi connectivity index (χ1) is 10.4. The summed E-state index contributed by atoms with van der Waals surface area (Å²) < 4.78 is 38.9. The molecule has 3 nitrogen and oxygen atoms in total. The average molecular weight is 349 g/mol. The summed E-state index contributed by atoms with van der Waals surface area (Å²) in [6.07, 6.45) is -5.39. The van der Waals surface area contributed by atoms with Crippen molar-refractivity contribution >= 4 is 23.4 Å². The van der Waals surface area contributed by atoms with Crippen molar-refractivity contribution in [3.63, 3.8) is 0 Å². The third-order valence-electron chi connectivity index (χ3n) is 2.65. The number of aromatic nitrogens is 2. The van der Waals surface area contributed by atoms with E-state index in [0.29, 0.717) is 5.56 Å². The Morgan fingerprint density at radius 2 is 1.86 bits per heavy atom. The molecule has 1 aromatic heterocycles. The highest BCUT2D eigenvalue weighted by Crippen LogP contribution is 2.32. The molecule has 1 atom stereocenters. The van der Waals surface area contributed by atoms with E-state index in [1.807, 2.05) is 0 Å². The number of rotatable bonds is 5. The largest absolute Gasteiger partial charge is 0.433 e. The van der Waals surface area contributed by atoms with Crippen LogP contribution >= 0.6 is 23.4 Å². The molecule has 22 heavy (non-hydrogen) atoms.